The fraction of sp³-hybridized carbons (Fsp3) is 0.368. The maximum Gasteiger partial charge on any atom is 0.251 e. The average molecular weight is 639 g/mol. The summed E-state index contributed by atoms with van der Waals surface area (Å²) < 4.78 is 2.44. The Hall–Kier alpha value is -3.69. The number of thioether (sulfide) groups is 1. The van der Waals surface area contributed by atoms with E-state index >= 15 is 0 Å². The lowest BCUT2D eigenvalue weighted by molar-refractivity contribution is -0.661. The van der Waals surface area contributed by atoms with Crippen molar-refractivity contribution in [2.45, 2.75) is 62.8 Å². The Kier molecular flexibility index (Phi) is 12.7. The van der Waals surface area contributed by atoms with Gasteiger partial charge < -0.3 is 26.8 Å². The fourth-order valence-corrected chi connectivity index (χ4v) is 7.21. The zero-order valence-electron chi connectivity index (χ0n) is 26.8. The number of fused-ring (bicyclic) bond motifs is 2. The van der Waals surface area contributed by atoms with Crippen LogP contribution >= 0.6 is 11.8 Å². The molecule has 7 nitrogen and oxygen atoms in total. The Bertz CT molecular complexity index is 1620. The molecule has 8 heteroatoms. The number of nitrogens with zero attached hydrogens (tertiary/aromatic N) is 2. The highest BCUT2D eigenvalue weighted by molar-refractivity contribution is 8.03. The summed E-state index contributed by atoms with van der Waals surface area (Å²) in [6.45, 7) is 3.98. The number of aliphatic hydroxyl groups excluding tert-OH is 1. The van der Waals surface area contributed by atoms with Gasteiger partial charge in [0.1, 0.15) is 6.54 Å². The number of aliphatic hydroxyl groups is 1. The summed E-state index contributed by atoms with van der Waals surface area (Å²) in [6, 6.07) is 27.7. The first-order valence-electron chi connectivity index (χ1n) is 16.8. The van der Waals surface area contributed by atoms with Crippen molar-refractivity contribution in [2.24, 2.45) is 11.5 Å². The van der Waals surface area contributed by atoms with Gasteiger partial charge in [0.2, 0.25) is 11.2 Å². The van der Waals surface area contributed by atoms with Crippen molar-refractivity contribution >= 4 is 40.3 Å². The molecule has 0 bridgehead atoms. The van der Waals surface area contributed by atoms with Crippen molar-refractivity contribution in [3.8, 4) is 11.3 Å². The summed E-state index contributed by atoms with van der Waals surface area (Å²) in [4.78, 5) is 16.5. The summed E-state index contributed by atoms with van der Waals surface area (Å²) in [5.41, 5.74) is 18.3. The molecule has 3 aromatic carbocycles. The first kappa shape index (κ1) is 33.7. The predicted molar refractivity (Wildman–Crippen MR) is 192 cm³/mol. The van der Waals surface area contributed by atoms with E-state index in [0.717, 1.165) is 80.1 Å². The minimum Gasteiger partial charge on any atom is -0.396 e. The number of para-hydroxylation sites is 1. The molecule has 1 aromatic heterocycles. The van der Waals surface area contributed by atoms with Gasteiger partial charge in [0, 0.05) is 54.3 Å². The molecular formula is C38H48N5O2S+. The standard InChI is InChI=1S/C38H47N5O2S/c39-20-8-11-23-42-33-17-7-6-16-32(33)31(26-35(42)29-14-4-3-5-15-29)28-37-43(24-12-9-21-40)34-19-18-30(27-36(34)46-37)38(45)41-22-10-1-2-13-25-44/h3-7,14-19,26-28,44H,1-2,8-13,20-25,39-40H2/p+1. The lowest BCUT2D eigenvalue weighted by Crippen LogP contribution is -2.38. The summed E-state index contributed by atoms with van der Waals surface area (Å²) in [5, 5.41) is 14.4. The molecule has 1 amide bonds. The molecule has 0 aliphatic carbocycles. The highest BCUT2D eigenvalue weighted by Crippen LogP contribution is 2.47. The third kappa shape index (κ3) is 8.36. The van der Waals surface area contributed by atoms with Crippen LogP contribution < -0.4 is 26.3 Å². The fourth-order valence-electron chi connectivity index (χ4n) is 6.03. The highest BCUT2D eigenvalue weighted by Gasteiger charge is 2.27. The van der Waals surface area contributed by atoms with E-state index in [-0.39, 0.29) is 12.5 Å². The van der Waals surface area contributed by atoms with E-state index in [1.807, 2.05) is 12.1 Å². The summed E-state index contributed by atoms with van der Waals surface area (Å²) >= 11 is 1.73. The summed E-state index contributed by atoms with van der Waals surface area (Å²) in [5.74, 6) is -0.0431. The number of rotatable bonds is 17. The van der Waals surface area contributed by atoms with Gasteiger partial charge in [-0.2, -0.15) is 4.57 Å². The van der Waals surface area contributed by atoms with Crippen LogP contribution in [0.5, 0.6) is 0 Å². The van der Waals surface area contributed by atoms with Gasteiger partial charge in [-0.1, -0.05) is 54.9 Å². The van der Waals surface area contributed by atoms with Gasteiger partial charge in [-0.15, -0.1) is 0 Å². The monoisotopic (exact) mass is 638 g/mol. The smallest absolute Gasteiger partial charge is 0.251 e. The predicted octanol–water partition coefficient (Wildman–Crippen LogP) is 6.47. The summed E-state index contributed by atoms with van der Waals surface area (Å²) in [6.07, 6.45) is 9.97. The zero-order chi connectivity index (χ0) is 32.1. The topological polar surface area (TPSA) is 108 Å². The maximum atomic E-state index is 13.0. The number of hydrogen-bond donors (Lipinski definition) is 4. The van der Waals surface area contributed by atoms with E-state index < -0.39 is 0 Å². The van der Waals surface area contributed by atoms with Gasteiger partial charge in [-0.05, 0) is 93.2 Å². The molecule has 0 radical (unpaired) electrons. The number of carbonyl (C=O) groups excluding carboxylic acids is 1. The van der Waals surface area contributed by atoms with Crippen LogP contribution in [0.2, 0.25) is 0 Å². The first-order chi connectivity index (χ1) is 22.6. The Labute approximate surface area is 277 Å². The molecule has 0 fully saturated rings. The lowest BCUT2D eigenvalue weighted by atomic mass is 10.0. The molecular weight excluding hydrogens is 591 g/mol. The number of carbonyl (C=O) groups is 1. The van der Waals surface area contributed by atoms with Crippen LogP contribution in [-0.4, -0.2) is 43.8 Å². The number of hydrogen-bond acceptors (Lipinski definition) is 6. The molecule has 0 saturated carbocycles. The first-order valence-corrected chi connectivity index (χ1v) is 17.6. The number of pyridine rings is 1. The van der Waals surface area contributed by atoms with E-state index in [4.69, 9.17) is 16.6 Å². The third-order valence-electron chi connectivity index (χ3n) is 8.47. The summed E-state index contributed by atoms with van der Waals surface area (Å²) in [7, 11) is 0. The van der Waals surface area contributed by atoms with E-state index in [0.29, 0.717) is 25.2 Å². The van der Waals surface area contributed by atoms with Crippen molar-refractivity contribution in [3.05, 3.63) is 95.0 Å². The second-order valence-electron chi connectivity index (χ2n) is 11.8. The number of benzene rings is 3. The van der Waals surface area contributed by atoms with Crippen LogP contribution in [0.25, 0.3) is 28.2 Å². The molecule has 0 atom stereocenters. The largest absolute Gasteiger partial charge is 0.396 e. The molecule has 4 aromatic rings. The zero-order valence-corrected chi connectivity index (χ0v) is 27.6. The van der Waals surface area contributed by atoms with E-state index in [1.165, 1.54) is 27.7 Å². The number of unbranched alkanes of at least 4 members (excludes halogenated alkanes) is 5. The normalized spacial score (nSPS) is 13.5. The molecule has 1 aliphatic heterocycles. The number of nitrogens with two attached hydrogens (primary N) is 2. The van der Waals surface area contributed by atoms with Crippen molar-refractivity contribution in [1.82, 2.24) is 5.32 Å². The van der Waals surface area contributed by atoms with Gasteiger partial charge >= 0.3 is 0 Å². The van der Waals surface area contributed by atoms with Gasteiger partial charge in [0.15, 0.2) is 0 Å². The SMILES string of the molecule is NCCCCN1/C(=C\c2cc(-c3ccccc3)[n+](CCCCN)c3ccccc23)Sc2cc(C(=O)NCCCCCCO)ccc21. The Morgan fingerprint density at radius 2 is 1.61 bits per heavy atom. The molecule has 5 rings (SSSR count). The second-order valence-corrected chi connectivity index (χ2v) is 12.9. The van der Waals surface area contributed by atoms with Crippen LogP contribution in [0.4, 0.5) is 5.69 Å². The van der Waals surface area contributed by atoms with Gasteiger partial charge in [-0.3, -0.25) is 4.79 Å². The second kappa shape index (κ2) is 17.3. The quantitative estimate of drug-likeness (QED) is 0.0781. The lowest BCUT2D eigenvalue weighted by Gasteiger charge is -2.21. The van der Waals surface area contributed by atoms with Crippen molar-refractivity contribution < 1.29 is 14.5 Å². The Morgan fingerprint density at radius 1 is 0.848 bits per heavy atom. The van der Waals surface area contributed by atoms with E-state index in [1.54, 1.807) is 11.8 Å². The molecule has 0 saturated heterocycles. The van der Waals surface area contributed by atoms with Crippen molar-refractivity contribution in [2.75, 3.05) is 37.7 Å². The molecule has 242 valence electrons. The van der Waals surface area contributed by atoms with Crippen molar-refractivity contribution in [3.63, 3.8) is 0 Å². The maximum absolute atomic E-state index is 13.0. The van der Waals surface area contributed by atoms with Crippen LogP contribution in [0, 0.1) is 0 Å². The minimum atomic E-state index is -0.0431. The third-order valence-corrected chi connectivity index (χ3v) is 9.57. The molecule has 0 spiro atoms. The van der Waals surface area contributed by atoms with Crippen LogP contribution in [0.3, 0.4) is 0 Å². The number of nitrogens with one attached hydrogen (secondary N) is 1. The van der Waals surface area contributed by atoms with Crippen LogP contribution in [0.1, 0.15) is 67.3 Å². The average Bonchev–Trinajstić information content (AvgIpc) is 3.43. The molecule has 1 aliphatic rings. The number of aryl methyl sites for hydroxylation is 1. The Balaban J connectivity index is 1.49. The number of aromatic nitrogens is 1. The van der Waals surface area contributed by atoms with Crippen LogP contribution in [0.15, 0.2) is 88.8 Å². The minimum absolute atomic E-state index is 0.0431. The van der Waals surface area contributed by atoms with Gasteiger partial charge in [-0.25, -0.2) is 0 Å². The Morgan fingerprint density at radius 3 is 2.41 bits per heavy atom. The molecule has 6 N–H and O–H groups in total. The van der Waals surface area contributed by atoms with E-state index in [2.05, 4.69) is 87.6 Å². The van der Waals surface area contributed by atoms with Crippen molar-refractivity contribution in [1.29, 1.82) is 0 Å². The van der Waals surface area contributed by atoms with Gasteiger partial charge in [0.25, 0.3) is 5.91 Å². The highest BCUT2D eigenvalue weighted by atomic mass is 32.2. The van der Waals surface area contributed by atoms with Crippen LogP contribution in [-0.2, 0) is 6.54 Å². The van der Waals surface area contributed by atoms with E-state index in [9.17, 15) is 4.79 Å². The van der Waals surface area contributed by atoms with Gasteiger partial charge in [0.05, 0.1) is 16.1 Å². The number of amides is 1. The molecule has 2 heterocycles. The molecule has 0 unspecified atom stereocenters. The number of anilines is 1. The molecule has 46 heavy (non-hydrogen) atoms.